The zero-order valence-electron chi connectivity index (χ0n) is 6.18. The fraction of sp³-hybridized carbons (Fsp3) is 0.125. The Balaban J connectivity index is 2.93. The molecule has 0 heterocycles. The van der Waals surface area contributed by atoms with Gasteiger partial charge in [-0.3, -0.25) is 4.79 Å². The molecule has 0 aliphatic carbocycles. The van der Waals surface area contributed by atoms with Crippen molar-refractivity contribution in [1.29, 1.82) is 0 Å². The normalized spacial score (nSPS) is 9.83. The molecule has 1 amide bonds. The quantitative estimate of drug-likeness (QED) is 0.749. The number of primary amides is 1. The molecule has 0 saturated heterocycles. The van der Waals surface area contributed by atoms with Crippen LogP contribution in [0, 0.1) is 5.82 Å². The third-order valence-electron chi connectivity index (χ3n) is 1.38. The highest BCUT2D eigenvalue weighted by Gasteiger charge is 2.04. The largest absolute Gasteiger partial charge is 0.369 e. The van der Waals surface area contributed by atoms with Crippen molar-refractivity contribution in [2.45, 2.75) is 6.42 Å². The Morgan fingerprint density at radius 1 is 1.58 bits per heavy atom. The fourth-order valence-corrected chi connectivity index (χ4v) is 1.09. The van der Waals surface area contributed by atoms with E-state index < -0.39 is 11.7 Å². The highest BCUT2D eigenvalue weighted by Crippen LogP contribution is 2.17. The Morgan fingerprint density at radius 2 is 2.25 bits per heavy atom. The first kappa shape index (κ1) is 9.00. The molecule has 0 bridgehead atoms. The zero-order chi connectivity index (χ0) is 9.14. The van der Waals surface area contributed by atoms with Crippen molar-refractivity contribution < 1.29 is 9.18 Å². The second-order valence-electron chi connectivity index (χ2n) is 2.38. The van der Waals surface area contributed by atoms with Gasteiger partial charge >= 0.3 is 0 Å². The minimum absolute atomic E-state index is 0.0408. The van der Waals surface area contributed by atoms with Gasteiger partial charge < -0.3 is 5.73 Å². The molecule has 12 heavy (non-hydrogen) atoms. The average molecular weight is 188 g/mol. The minimum Gasteiger partial charge on any atom is -0.369 e. The van der Waals surface area contributed by atoms with Gasteiger partial charge in [-0.15, -0.1) is 0 Å². The average Bonchev–Trinajstić information content (AvgIpc) is 1.94. The highest BCUT2D eigenvalue weighted by atomic mass is 35.5. The molecule has 1 aromatic carbocycles. The summed E-state index contributed by atoms with van der Waals surface area (Å²) < 4.78 is 12.5. The molecule has 0 aromatic heterocycles. The van der Waals surface area contributed by atoms with Crippen LogP contribution in [0.5, 0.6) is 0 Å². The van der Waals surface area contributed by atoms with Crippen molar-refractivity contribution >= 4 is 17.5 Å². The van der Waals surface area contributed by atoms with Crippen LogP contribution in [0.15, 0.2) is 18.2 Å². The number of nitrogens with two attached hydrogens (primary N) is 1. The maximum Gasteiger partial charge on any atom is 0.221 e. The highest BCUT2D eigenvalue weighted by molar-refractivity contribution is 6.31. The molecule has 64 valence electrons. The van der Waals surface area contributed by atoms with Gasteiger partial charge in [-0.05, 0) is 17.7 Å². The summed E-state index contributed by atoms with van der Waals surface area (Å²) in [6.45, 7) is 0. The van der Waals surface area contributed by atoms with E-state index in [1.807, 2.05) is 0 Å². The molecular weight excluding hydrogens is 181 g/mol. The Morgan fingerprint density at radius 3 is 2.75 bits per heavy atom. The smallest absolute Gasteiger partial charge is 0.221 e. The van der Waals surface area contributed by atoms with Gasteiger partial charge in [-0.2, -0.15) is 0 Å². The zero-order valence-corrected chi connectivity index (χ0v) is 6.94. The van der Waals surface area contributed by atoms with Crippen LogP contribution in [-0.4, -0.2) is 5.91 Å². The fourth-order valence-electron chi connectivity index (χ4n) is 0.853. The first-order valence-corrected chi connectivity index (χ1v) is 3.69. The second-order valence-corrected chi connectivity index (χ2v) is 2.79. The van der Waals surface area contributed by atoms with E-state index in [0.717, 1.165) is 6.07 Å². The van der Waals surface area contributed by atoms with Crippen molar-refractivity contribution in [3.8, 4) is 0 Å². The standard InChI is InChI=1S/C8H7ClFNO/c9-7-4-6(10)2-1-5(7)3-8(11)12/h1-2,4H,3H2,(H2,11,12). The van der Waals surface area contributed by atoms with E-state index in [1.54, 1.807) is 0 Å². The molecule has 0 aliphatic heterocycles. The molecular formula is C8H7ClFNO. The molecule has 0 fully saturated rings. The van der Waals surface area contributed by atoms with Gasteiger partial charge in [0.2, 0.25) is 5.91 Å². The van der Waals surface area contributed by atoms with Gasteiger partial charge in [0.05, 0.1) is 6.42 Å². The molecule has 0 atom stereocenters. The van der Waals surface area contributed by atoms with E-state index in [-0.39, 0.29) is 11.4 Å². The third-order valence-corrected chi connectivity index (χ3v) is 1.73. The van der Waals surface area contributed by atoms with Crippen LogP contribution in [-0.2, 0) is 11.2 Å². The first-order valence-electron chi connectivity index (χ1n) is 3.32. The van der Waals surface area contributed by atoms with Crippen LogP contribution in [0.2, 0.25) is 5.02 Å². The van der Waals surface area contributed by atoms with Crippen LogP contribution in [0.25, 0.3) is 0 Å². The number of carbonyl (C=O) groups is 1. The predicted octanol–water partition coefficient (Wildman–Crippen LogP) is 1.51. The van der Waals surface area contributed by atoms with Gasteiger partial charge in [0.1, 0.15) is 5.82 Å². The van der Waals surface area contributed by atoms with Gasteiger partial charge in [0.15, 0.2) is 0 Å². The monoisotopic (exact) mass is 187 g/mol. The van der Waals surface area contributed by atoms with E-state index in [9.17, 15) is 9.18 Å². The Hall–Kier alpha value is -1.09. The number of amides is 1. The molecule has 0 spiro atoms. The van der Waals surface area contributed by atoms with Crippen molar-refractivity contribution in [3.63, 3.8) is 0 Å². The van der Waals surface area contributed by atoms with Gasteiger partial charge in [0.25, 0.3) is 0 Å². The lowest BCUT2D eigenvalue weighted by atomic mass is 10.1. The Labute approximate surface area is 74.1 Å². The number of hydrogen-bond acceptors (Lipinski definition) is 1. The molecule has 0 saturated carbocycles. The molecule has 4 heteroatoms. The number of benzene rings is 1. The van der Waals surface area contributed by atoms with Gasteiger partial charge in [-0.25, -0.2) is 4.39 Å². The molecule has 1 aromatic rings. The maximum absolute atomic E-state index is 12.5. The number of rotatable bonds is 2. The molecule has 0 radical (unpaired) electrons. The van der Waals surface area contributed by atoms with Gasteiger partial charge in [0, 0.05) is 5.02 Å². The van der Waals surface area contributed by atoms with Crippen LogP contribution < -0.4 is 5.73 Å². The first-order chi connectivity index (χ1) is 5.59. The molecule has 0 unspecified atom stereocenters. The summed E-state index contributed by atoms with van der Waals surface area (Å²) in [5.74, 6) is -0.906. The Bertz CT molecular complexity index is 314. The summed E-state index contributed by atoms with van der Waals surface area (Å²) in [6.07, 6.45) is 0.0408. The third kappa shape index (κ3) is 2.20. The summed E-state index contributed by atoms with van der Waals surface area (Å²) >= 11 is 5.63. The summed E-state index contributed by atoms with van der Waals surface area (Å²) in [4.78, 5) is 10.5. The molecule has 1 rings (SSSR count). The molecule has 2 N–H and O–H groups in total. The summed E-state index contributed by atoms with van der Waals surface area (Å²) in [6, 6.07) is 3.84. The lowest BCUT2D eigenvalue weighted by molar-refractivity contribution is -0.117. The number of carbonyl (C=O) groups excluding carboxylic acids is 1. The van der Waals surface area contributed by atoms with Gasteiger partial charge in [-0.1, -0.05) is 17.7 Å². The van der Waals surface area contributed by atoms with E-state index in [0.29, 0.717) is 5.56 Å². The lowest BCUT2D eigenvalue weighted by Crippen LogP contribution is -2.13. The van der Waals surface area contributed by atoms with Crippen LogP contribution >= 0.6 is 11.6 Å². The van der Waals surface area contributed by atoms with Crippen molar-refractivity contribution in [2.75, 3.05) is 0 Å². The Kier molecular flexibility index (Phi) is 2.65. The summed E-state index contributed by atoms with van der Waals surface area (Å²) in [5.41, 5.74) is 5.49. The van der Waals surface area contributed by atoms with E-state index in [1.165, 1.54) is 12.1 Å². The summed E-state index contributed by atoms with van der Waals surface area (Å²) in [5, 5.41) is 0.230. The second kappa shape index (κ2) is 3.54. The predicted molar refractivity (Wildman–Crippen MR) is 44.3 cm³/mol. The van der Waals surface area contributed by atoms with Crippen LogP contribution in [0.4, 0.5) is 4.39 Å². The van der Waals surface area contributed by atoms with Crippen molar-refractivity contribution in [3.05, 3.63) is 34.6 Å². The SMILES string of the molecule is NC(=O)Cc1ccc(F)cc1Cl. The number of halogens is 2. The van der Waals surface area contributed by atoms with Crippen molar-refractivity contribution in [1.82, 2.24) is 0 Å². The van der Waals surface area contributed by atoms with Crippen LogP contribution in [0.3, 0.4) is 0 Å². The summed E-state index contributed by atoms with van der Waals surface area (Å²) in [7, 11) is 0. The lowest BCUT2D eigenvalue weighted by Gasteiger charge is -2.00. The van der Waals surface area contributed by atoms with E-state index >= 15 is 0 Å². The minimum atomic E-state index is -0.483. The maximum atomic E-state index is 12.5. The van der Waals surface area contributed by atoms with E-state index in [2.05, 4.69) is 0 Å². The molecule has 2 nitrogen and oxygen atoms in total. The molecule has 0 aliphatic rings. The topological polar surface area (TPSA) is 43.1 Å². The van der Waals surface area contributed by atoms with Crippen LogP contribution in [0.1, 0.15) is 5.56 Å². The van der Waals surface area contributed by atoms with E-state index in [4.69, 9.17) is 17.3 Å². The van der Waals surface area contributed by atoms with Crippen molar-refractivity contribution in [2.24, 2.45) is 5.73 Å². The number of hydrogen-bond donors (Lipinski definition) is 1.